The van der Waals surface area contributed by atoms with E-state index in [1.54, 1.807) is 6.20 Å². The Labute approximate surface area is 127 Å². The third-order valence-corrected chi connectivity index (χ3v) is 4.16. The van der Waals surface area contributed by atoms with Gasteiger partial charge >= 0.3 is 0 Å². The van der Waals surface area contributed by atoms with E-state index in [1.165, 1.54) is 5.56 Å². The summed E-state index contributed by atoms with van der Waals surface area (Å²) in [7, 11) is 0. The highest BCUT2D eigenvalue weighted by Gasteiger charge is 2.22. The van der Waals surface area contributed by atoms with Crippen LogP contribution >= 0.6 is 11.6 Å². The number of pyridine rings is 1. The number of halogens is 1. The maximum Gasteiger partial charge on any atom is 0.137 e. The van der Waals surface area contributed by atoms with Crippen molar-refractivity contribution in [1.82, 2.24) is 19.7 Å². The van der Waals surface area contributed by atoms with Crippen LogP contribution in [0.4, 0.5) is 0 Å². The number of rotatable bonds is 1. The van der Waals surface area contributed by atoms with Gasteiger partial charge in [-0.1, -0.05) is 17.7 Å². The van der Waals surface area contributed by atoms with E-state index >= 15 is 0 Å². The Bertz CT molecular complexity index is 824. The molecule has 0 amide bonds. The zero-order valence-electron chi connectivity index (χ0n) is 11.5. The van der Waals surface area contributed by atoms with E-state index in [9.17, 15) is 0 Å². The molecule has 1 aliphatic heterocycles. The highest BCUT2D eigenvalue weighted by Crippen LogP contribution is 2.35. The fourth-order valence-corrected chi connectivity index (χ4v) is 3.23. The topological polar surface area (TPSA) is 43.6 Å². The van der Waals surface area contributed by atoms with Gasteiger partial charge in [-0.25, -0.2) is 0 Å². The van der Waals surface area contributed by atoms with E-state index in [0.717, 1.165) is 46.3 Å². The number of hydrogen-bond acceptors (Lipinski definition) is 3. The van der Waals surface area contributed by atoms with Crippen molar-refractivity contribution >= 4 is 11.6 Å². The van der Waals surface area contributed by atoms with Gasteiger partial charge in [0.1, 0.15) is 11.6 Å². The molecule has 0 spiro atoms. The molecule has 0 N–H and O–H groups in total. The minimum Gasteiger partial charge on any atom is -0.281 e. The average molecular weight is 297 g/mol. The second kappa shape index (κ2) is 4.67. The van der Waals surface area contributed by atoms with Gasteiger partial charge in [0.15, 0.2) is 0 Å². The summed E-state index contributed by atoms with van der Waals surface area (Å²) in [6.07, 6.45) is 5.45. The fraction of sp³-hybridized carbons (Fsp3) is 0.188. The van der Waals surface area contributed by atoms with Gasteiger partial charge in [-0.15, -0.1) is 10.2 Å². The summed E-state index contributed by atoms with van der Waals surface area (Å²) >= 11 is 6.56. The van der Waals surface area contributed by atoms with Gasteiger partial charge in [-0.05, 0) is 42.7 Å². The van der Waals surface area contributed by atoms with Crippen LogP contribution in [0.2, 0.25) is 5.02 Å². The lowest BCUT2D eigenvalue weighted by Crippen LogP contribution is -2.14. The molecule has 4 rings (SSSR count). The van der Waals surface area contributed by atoms with Crippen LogP contribution in [-0.4, -0.2) is 19.7 Å². The van der Waals surface area contributed by atoms with Crippen LogP contribution in [0.15, 0.2) is 36.7 Å². The molecule has 0 unspecified atom stereocenters. The van der Waals surface area contributed by atoms with Crippen LogP contribution in [0.5, 0.6) is 0 Å². The van der Waals surface area contributed by atoms with Crippen molar-refractivity contribution in [1.29, 1.82) is 0 Å². The Hall–Kier alpha value is -2.20. The zero-order chi connectivity index (χ0) is 14.4. The van der Waals surface area contributed by atoms with Gasteiger partial charge in [-0.2, -0.15) is 0 Å². The molecule has 0 saturated heterocycles. The molecule has 0 saturated carbocycles. The summed E-state index contributed by atoms with van der Waals surface area (Å²) < 4.78 is 2.06. The van der Waals surface area contributed by atoms with Crippen LogP contribution in [-0.2, 0) is 12.8 Å². The predicted molar refractivity (Wildman–Crippen MR) is 81.7 cm³/mol. The SMILES string of the molecule is Cc1nnc2n1-c1c(Cl)cc(-c3cccnc3)cc1CC2. The molecule has 3 aromatic rings. The highest BCUT2D eigenvalue weighted by molar-refractivity contribution is 6.33. The van der Waals surface area contributed by atoms with Crippen molar-refractivity contribution in [3.8, 4) is 16.8 Å². The van der Waals surface area contributed by atoms with E-state index in [-0.39, 0.29) is 0 Å². The van der Waals surface area contributed by atoms with Gasteiger partial charge in [-0.3, -0.25) is 9.55 Å². The Morgan fingerprint density at radius 1 is 1.14 bits per heavy atom. The lowest BCUT2D eigenvalue weighted by Gasteiger charge is -2.21. The van der Waals surface area contributed by atoms with Crippen molar-refractivity contribution < 1.29 is 0 Å². The molecule has 0 aliphatic carbocycles. The molecule has 21 heavy (non-hydrogen) atoms. The van der Waals surface area contributed by atoms with Gasteiger partial charge in [0.2, 0.25) is 0 Å². The van der Waals surface area contributed by atoms with Crippen LogP contribution in [0.25, 0.3) is 16.8 Å². The number of fused-ring (bicyclic) bond motifs is 3. The molecular formula is C16H13ClN4. The van der Waals surface area contributed by atoms with Crippen LogP contribution in [0.1, 0.15) is 17.2 Å². The first-order valence-corrected chi connectivity index (χ1v) is 7.26. The van der Waals surface area contributed by atoms with Crippen LogP contribution in [0.3, 0.4) is 0 Å². The van der Waals surface area contributed by atoms with E-state index < -0.39 is 0 Å². The molecule has 0 radical (unpaired) electrons. The number of hydrogen-bond donors (Lipinski definition) is 0. The van der Waals surface area contributed by atoms with Crippen molar-refractivity contribution in [2.24, 2.45) is 0 Å². The minimum atomic E-state index is 0.732. The molecule has 1 aliphatic rings. The minimum absolute atomic E-state index is 0.732. The second-order valence-corrected chi connectivity index (χ2v) is 5.61. The van der Waals surface area contributed by atoms with E-state index in [0.29, 0.717) is 0 Å². The third-order valence-electron chi connectivity index (χ3n) is 3.87. The summed E-state index contributed by atoms with van der Waals surface area (Å²) in [5.74, 6) is 1.86. The van der Waals surface area contributed by atoms with Crippen molar-refractivity contribution in [2.45, 2.75) is 19.8 Å². The maximum absolute atomic E-state index is 6.56. The van der Waals surface area contributed by atoms with Crippen LogP contribution < -0.4 is 0 Å². The quantitative estimate of drug-likeness (QED) is 0.691. The molecule has 0 atom stereocenters. The molecule has 0 fully saturated rings. The summed E-state index contributed by atoms with van der Waals surface area (Å²) in [5.41, 5.74) is 4.43. The monoisotopic (exact) mass is 296 g/mol. The zero-order valence-corrected chi connectivity index (χ0v) is 12.3. The van der Waals surface area contributed by atoms with Crippen molar-refractivity contribution in [2.75, 3.05) is 0 Å². The van der Waals surface area contributed by atoms with Gasteiger partial charge in [0.05, 0.1) is 10.7 Å². The van der Waals surface area contributed by atoms with Gasteiger partial charge < -0.3 is 0 Å². The number of aromatic nitrogens is 4. The maximum atomic E-state index is 6.56. The molecule has 2 aromatic heterocycles. The Morgan fingerprint density at radius 2 is 2.05 bits per heavy atom. The molecule has 5 heteroatoms. The number of nitrogens with zero attached hydrogens (tertiary/aromatic N) is 4. The Balaban J connectivity index is 1.93. The molecular weight excluding hydrogens is 284 g/mol. The Kier molecular flexibility index (Phi) is 2.79. The lowest BCUT2D eigenvalue weighted by atomic mass is 9.97. The molecule has 104 valence electrons. The number of benzene rings is 1. The molecule has 0 bridgehead atoms. The first-order valence-electron chi connectivity index (χ1n) is 6.88. The van der Waals surface area contributed by atoms with Crippen molar-refractivity contribution in [3.63, 3.8) is 0 Å². The van der Waals surface area contributed by atoms with Crippen molar-refractivity contribution in [3.05, 3.63) is 58.9 Å². The third kappa shape index (κ3) is 1.94. The summed E-state index contributed by atoms with van der Waals surface area (Å²) in [4.78, 5) is 4.18. The second-order valence-electron chi connectivity index (χ2n) is 5.21. The smallest absolute Gasteiger partial charge is 0.137 e. The summed E-state index contributed by atoms with van der Waals surface area (Å²) in [6, 6.07) is 8.17. The average Bonchev–Trinajstić information content (AvgIpc) is 2.89. The Morgan fingerprint density at radius 3 is 2.86 bits per heavy atom. The van der Waals surface area contributed by atoms with E-state index in [2.05, 4.69) is 25.8 Å². The van der Waals surface area contributed by atoms with Gasteiger partial charge in [0.25, 0.3) is 0 Å². The van der Waals surface area contributed by atoms with E-state index in [1.807, 2.05) is 31.3 Å². The first kappa shape index (κ1) is 12.5. The first-order chi connectivity index (χ1) is 10.2. The summed E-state index contributed by atoms with van der Waals surface area (Å²) in [6.45, 7) is 1.96. The predicted octanol–water partition coefficient (Wildman–Crippen LogP) is 3.39. The number of aryl methyl sites for hydroxylation is 3. The van der Waals surface area contributed by atoms with Crippen LogP contribution in [0, 0.1) is 6.92 Å². The van der Waals surface area contributed by atoms with Gasteiger partial charge in [0, 0.05) is 24.4 Å². The molecule has 3 heterocycles. The molecule has 1 aromatic carbocycles. The highest BCUT2D eigenvalue weighted by atomic mass is 35.5. The fourth-order valence-electron chi connectivity index (χ4n) is 2.90. The largest absolute Gasteiger partial charge is 0.281 e. The van der Waals surface area contributed by atoms with E-state index in [4.69, 9.17) is 11.6 Å². The summed E-state index contributed by atoms with van der Waals surface area (Å²) in [5, 5.41) is 9.12. The molecule has 4 nitrogen and oxygen atoms in total. The standard InChI is InChI=1S/C16H13ClN4/c1-10-19-20-15-5-4-11-7-13(12-3-2-6-18-9-12)8-14(17)16(11)21(10)15/h2-3,6-9H,4-5H2,1H3. The lowest BCUT2D eigenvalue weighted by molar-refractivity contribution is 0.767. The normalized spacial score (nSPS) is 12.9.